The molecule has 0 bridgehead atoms. The van der Waals surface area contributed by atoms with Crippen LogP contribution in [0.25, 0.3) is 0 Å². The third kappa shape index (κ3) is 2.73. The normalized spacial score (nSPS) is 23.0. The van der Waals surface area contributed by atoms with Gasteiger partial charge in [-0.1, -0.05) is 0 Å². The van der Waals surface area contributed by atoms with Crippen LogP contribution in [0.2, 0.25) is 0 Å². The van der Waals surface area contributed by atoms with Crippen molar-refractivity contribution in [2.45, 2.75) is 12.3 Å². The summed E-state index contributed by atoms with van der Waals surface area (Å²) in [7, 11) is 0. The van der Waals surface area contributed by atoms with E-state index in [1.54, 1.807) is 24.6 Å². The molecule has 6 heteroatoms. The molecule has 122 valence electrons. The number of anilines is 1. The number of pyridine rings is 1. The number of carbonyl (C=O) groups is 1. The minimum Gasteiger partial charge on any atom is -0.469 e. The van der Waals surface area contributed by atoms with Gasteiger partial charge in [0.05, 0.1) is 17.9 Å². The van der Waals surface area contributed by atoms with E-state index in [2.05, 4.69) is 16.0 Å². The van der Waals surface area contributed by atoms with Crippen LogP contribution in [0, 0.1) is 17.2 Å². The van der Waals surface area contributed by atoms with Crippen LogP contribution < -0.4 is 4.90 Å². The number of nitrogens with zero attached hydrogens (tertiary/aromatic N) is 4. The van der Waals surface area contributed by atoms with Gasteiger partial charge in [-0.3, -0.25) is 4.79 Å². The Hall–Kier alpha value is -2.81. The lowest BCUT2D eigenvalue weighted by atomic mass is 10.2. The van der Waals surface area contributed by atoms with Crippen molar-refractivity contribution in [2.75, 3.05) is 31.1 Å². The van der Waals surface area contributed by atoms with E-state index >= 15 is 0 Å². The molecular weight excluding hydrogens is 304 g/mol. The number of hydrogen-bond acceptors (Lipinski definition) is 5. The van der Waals surface area contributed by atoms with Crippen molar-refractivity contribution in [2.24, 2.45) is 5.92 Å². The van der Waals surface area contributed by atoms with Crippen LogP contribution in [0.4, 0.5) is 5.82 Å². The lowest BCUT2D eigenvalue weighted by molar-refractivity contribution is -0.133. The number of amides is 1. The summed E-state index contributed by atoms with van der Waals surface area (Å²) in [5.74, 6) is 2.28. The van der Waals surface area contributed by atoms with Crippen LogP contribution in [-0.4, -0.2) is 42.0 Å². The fourth-order valence-corrected chi connectivity index (χ4v) is 3.34. The van der Waals surface area contributed by atoms with E-state index in [0.29, 0.717) is 18.7 Å². The molecule has 1 aliphatic heterocycles. The highest BCUT2D eigenvalue weighted by Gasteiger charge is 2.47. The van der Waals surface area contributed by atoms with Gasteiger partial charge in [0, 0.05) is 44.2 Å². The summed E-state index contributed by atoms with van der Waals surface area (Å²) in [5.41, 5.74) is 0.609. The van der Waals surface area contributed by atoms with Crippen LogP contribution >= 0.6 is 0 Å². The number of rotatable bonds is 3. The third-order valence-corrected chi connectivity index (χ3v) is 4.81. The molecule has 2 aliphatic rings. The molecule has 4 rings (SSSR count). The summed E-state index contributed by atoms with van der Waals surface area (Å²) < 4.78 is 5.41. The molecule has 1 saturated heterocycles. The average Bonchev–Trinajstić information content (AvgIpc) is 3.26. The molecule has 0 aromatic carbocycles. The standard InChI is InChI=1S/C18H18N4O2/c19-12-13-3-4-20-17(10-13)21-5-7-22(8-6-21)18(23)15-11-14(15)16-2-1-9-24-16/h1-4,9-10,14-15H,5-8,11H2/t14-,15+/m1/s1. The molecule has 2 fully saturated rings. The maximum atomic E-state index is 12.6. The lowest BCUT2D eigenvalue weighted by Gasteiger charge is -2.35. The number of hydrogen-bond donors (Lipinski definition) is 0. The van der Waals surface area contributed by atoms with E-state index in [9.17, 15) is 4.79 Å². The molecule has 2 atom stereocenters. The zero-order chi connectivity index (χ0) is 16.5. The van der Waals surface area contributed by atoms with Crippen molar-refractivity contribution in [3.8, 4) is 6.07 Å². The molecule has 3 heterocycles. The summed E-state index contributed by atoms with van der Waals surface area (Å²) in [6.07, 6.45) is 4.21. The SMILES string of the molecule is N#Cc1ccnc(N2CCN(C(=O)[C@H]3C[C@H]3c3ccco3)CC2)c1. The number of nitriles is 1. The Morgan fingerprint density at radius 3 is 2.83 bits per heavy atom. The Balaban J connectivity index is 1.35. The molecule has 0 radical (unpaired) electrons. The molecule has 0 N–H and O–H groups in total. The van der Waals surface area contributed by atoms with Gasteiger partial charge in [0.1, 0.15) is 11.6 Å². The molecule has 0 spiro atoms. The Morgan fingerprint density at radius 1 is 1.29 bits per heavy atom. The summed E-state index contributed by atoms with van der Waals surface area (Å²) >= 11 is 0. The first kappa shape index (κ1) is 14.8. The highest BCUT2D eigenvalue weighted by atomic mass is 16.3. The van der Waals surface area contributed by atoms with Crippen molar-refractivity contribution in [1.29, 1.82) is 5.26 Å². The largest absolute Gasteiger partial charge is 0.469 e. The number of aromatic nitrogens is 1. The van der Waals surface area contributed by atoms with Gasteiger partial charge in [0.25, 0.3) is 0 Å². The second-order valence-electron chi connectivity index (χ2n) is 6.29. The van der Waals surface area contributed by atoms with Gasteiger partial charge in [-0.25, -0.2) is 4.98 Å². The topological polar surface area (TPSA) is 73.4 Å². The monoisotopic (exact) mass is 322 g/mol. The minimum atomic E-state index is 0.0720. The molecule has 2 aromatic rings. The van der Waals surface area contributed by atoms with Crippen molar-refractivity contribution in [3.05, 3.63) is 48.0 Å². The number of carbonyl (C=O) groups excluding carboxylic acids is 1. The highest BCUT2D eigenvalue weighted by Crippen LogP contribution is 2.48. The first-order valence-corrected chi connectivity index (χ1v) is 8.19. The Labute approximate surface area is 140 Å². The van der Waals surface area contributed by atoms with E-state index < -0.39 is 0 Å². The summed E-state index contributed by atoms with van der Waals surface area (Å²) in [6.45, 7) is 2.87. The van der Waals surface area contributed by atoms with Crippen LogP contribution in [0.3, 0.4) is 0 Å². The van der Waals surface area contributed by atoms with E-state index in [1.165, 1.54) is 0 Å². The Bertz CT molecular complexity index is 773. The summed E-state index contributed by atoms with van der Waals surface area (Å²) in [5, 5.41) is 8.99. The molecular formula is C18H18N4O2. The Kier molecular flexibility index (Phi) is 3.69. The molecule has 1 amide bonds. The van der Waals surface area contributed by atoms with E-state index in [4.69, 9.17) is 9.68 Å². The zero-order valence-corrected chi connectivity index (χ0v) is 13.3. The van der Waals surface area contributed by atoms with Crippen molar-refractivity contribution < 1.29 is 9.21 Å². The molecule has 0 unspecified atom stereocenters. The second kappa shape index (κ2) is 6.00. The second-order valence-corrected chi connectivity index (χ2v) is 6.29. The van der Waals surface area contributed by atoms with Crippen molar-refractivity contribution in [1.82, 2.24) is 9.88 Å². The first-order valence-electron chi connectivity index (χ1n) is 8.19. The first-order chi connectivity index (χ1) is 11.8. The van der Waals surface area contributed by atoms with E-state index in [-0.39, 0.29) is 17.7 Å². The third-order valence-electron chi connectivity index (χ3n) is 4.81. The zero-order valence-electron chi connectivity index (χ0n) is 13.3. The fraction of sp³-hybridized carbons (Fsp3) is 0.389. The smallest absolute Gasteiger partial charge is 0.226 e. The predicted octanol–water partition coefficient (Wildman–Crippen LogP) is 2.00. The van der Waals surface area contributed by atoms with E-state index in [0.717, 1.165) is 31.1 Å². The highest BCUT2D eigenvalue weighted by molar-refractivity contribution is 5.83. The predicted molar refractivity (Wildman–Crippen MR) is 87.3 cm³/mol. The van der Waals surface area contributed by atoms with Gasteiger partial charge in [-0.05, 0) is 30.7 Å². The van der Waals surface area contributed by atoms with Gasteiger partial charge < -0.3 is 14.2 Å². The maximum absolute atomic E-state index is 12.6. The molecule has 1 saturated carbocycles. The van der Waals surface area contributed by atoms with Gasteiger partial charge >= 0.3 is 0 Å². The molecule has 2 aromatic heterocycles. The molecule has 6 nitrogen and oxygen atoms in total. The quantitative estimate of drug-likeness (QED) is 0.864. The molecule has 24 heavy (non-hydrogen) atoms. The lowest BCUT2D eigenvalue weighted by Crippen LogP contribution is -2.49. The summed E-state index contributed by atoms with van der Waals surface area (Å²) in [4.78, 5) is 21.0. The van der Waals surface area contributed by atoms with Crippen LogP contribution in [-0.2, 0) is 4.79 Å². The number of piperazine rings is 1. The van der Waals surface area contributed by atoms with Gasteiger partial charge in [0.2, 0.25) is 5.91 Å². The van der Waals surface area contributed by atoms with Gasteiger partial charge in [0.15, 0.2) is 0 Å². The van der Waals surface area contributed by atoms with Crippen LogP contribution in [0.1, 0.15) is 23.7 Å². The maximum Gasteiger partial charge on any atom is 0.226 e. The molecule has 1 aliphatic carbocycles. The van der Waals surface area contributed by atoms with Crippen molar-refractivity contribution in [3.63, 3.8) is 0 Å². The average molecular weight is 322 g/mol. The fourth-order valence-electron chi connectivity index (χ4n) is 3.34. The van der Waals surface area contributed by atoms with Gasteiger partial charge in [-0.15, -0.1) is 0 Å². The number of furan rings is 1. The van der Waals surface area contributed by atoms with Crippen LogP contribution in [0.15, 0.2) is 41.1 Å². The van der Waals surface area contributed by atoms with Gasteiger partial charge in [-0.2, -0.15) is 5.26 Å². The summed E-state index contributed by atoms with van der Waals surface area (Å²) in [6, 6.07) is 9.45. The van der Waals surface area contributed by atoms with Crippen LogP contribution in [0.5, 0.6) is 0 Å². The van der Waals surface area contributed by atoms with Crippen molar-refractivity contribution >= 4 is 11.7 Å². The van der Waals surface area contributed by atoms with E-state index in [1.807, 2.05) is 17.0 Å². The Morgan fingerprint density at radius 2 is 2.12 bits per heavy atom. The minimum absolute atomic E-state index is 0.0720.